The third kappa shape index (κ3) is 6.10. The zero-order valence-electron chi connectivity index (χ0n) is 12.9. The van der Waals surface area contributed by atoms with Crippen LogP contribution >= 0.6 is 0 Å². The van der Waals surface area contributed by atoms with E-state index in [0.29, 0.717) is 18.4 Å². The summed E-state index contributed by atoms with van der Waals surface area (Å²) in [5.74, 6) is -3.01. The van der Waals surface area contributed by atoms with E-state index >= 15 is 0 Å². The SMILES string of the molecule is CCNC(COCC(F)(F)C(F)F)C1CCCC(CC)C1. The molecule has 0 aliphatic heterocycles. The summed E-state index contributed by atoms with van der Waals surface area (Å²) >= 11 is 0. The van der Waals surface area contributed by atoms with Crippen molar-refractivity contribution in [3.63, 3.8) is 0 Å². The van der Waals surface area contributed by atoms with Crippen LogP contribution in [0.4, 0.5) is 17.6 Å². The van der Waals surface area contributed by atoms with E-state index in [-0.39, 0.29) is 12.6 Å². The fourth-order valence-electron chi connectivity index (χ4n) is 3.08. The number of halogens is 4. The van der Waals surface area contributed by atoms with Crippen LogP contribution in [0.15, 0.2) is 0 Å². The number of nitrogens with one attached hydrogen (secondary N) is 1. The van der Waals surface area contributed by atoms with E-state index < -0.39 is 19.0 Å². The average molecular weight is 313 g/mol. The van der Waals surface area contributed by atoms with Crippen LogP contribution in [0, 0.1) is 11.8 Å². The molecule has 1 aliphatic rings. The maximum atomic E-state index is 12.8. The average Bonchev–Trinajstić information content (AvgIpc) is 2.46. The molecule has 1 saturated carbocycles. The van der Waals surface area contributed by atoms with Gasteiger partial charge >= 0.3 is 12.3 Å². The van der Waals surface area contributed by atoms with E-state index in [9.17, 15) is 17.6 Å². The van der Waals surface area contributed by atoms with Gasteiger partial charge in [0.05, 0.1) is 6.61 Å². The van der Waals surface area contributed by atoms with Gasteiger partial charge in [-0.05, 0) is 31.2 Å². The molecular formula is C15H27F4NO. The lowest BCUT2D eigenvalue weighted by Crippen LogP contribution is -2.43. The normalized spacial score (nSPS) is 25.3. The van der Waals surface area contributed by atoms with Crippen molar-refractivity contribution >= 4 is 0 Å². The molecule has 1 N–H and O–H groups in total. The Morgan fingerprint density at radius 2 is 1.95 bits per heavy atom. The van der Waals surface area contributed by atoms with Crippen LogP contribution in [0.2, 0.25) is 0 Å². The summed E-state index contributed by atoms with van der Waals surface area (Å²) in [4.78, 5) is 0. The summed E-state index contributed by atoms with van der Waals surface area (Å²) in [7, 11) is 0. The topological polar surface area (TPSA) is 21.3 Å². The van der Waals surface area contributed by atoms with Crippen molar-refractivity contribution < 1.29 is 22.3 Å². The van der Waals surface area contributed by atoms with E-state index in [4.69, 9.17) is 4.74 Å². The highest BCUT2D eigenvalue weighted by molar-refractivity contribution is 4.82. The van der Waals surface area contributed by atoms with Crippen molar-refractivity contribution in [3.8, 4) is 0 Å². The van der Waals surface area contributed by atoms with Crippen LogP contribution < -0.4 is 5.32 Å². The molecule has 0 aromatic rings. The zero-order valence-corrected chi connectivity index (χ0v) is 12.9. The first-order valence-electron chi connectivity index (χ1n) is 7.87. The lowest BCUT2D eigenvalue weighted by molar-refractivity contribution is -0.168. The van der Waals surface area contributed by atoms with Gasteiger partial charge in [0.2, 0.25) is 0 Å². The van der Waals surface area contributed by atoms with Gasteiger partial charge in [0, 0.05) is 6.04 Å². The predicted octanol–water partition coefficient (Wildman–Crippen LogP) is 4.10. The molecule has 0 amide bonds. The molecule has 3 atom stereocenters. The molecule has 3 unspecified atom stereocenters. The summed E-state index contributed by atoms with van der Waals surface area (Å²) in [5.41, 5.74) is 0. The number of rotatable bonds is 9. The molecule has 126 valence electrons. The van der Waals surface area contributed by atoms with Crippen LogP contribution in [-0.4, -0.2) is 38.1 Å². The minimum atomic E-state index is -4.06. The highest BCUT2D eigenvalue weighted by Gasteiger charge is 2.41. The number of likely N-dealkylation sites (N-methyl/N-ethyl adjacent to an activating group) is 1. The Hall–Kier alpha value is -0.360. The molecule has 0 aromatic heterocycles. The molecule has 1 fully saturated rings. The number of hydrogen-bond donors (Lipinski definition) is 1. The highest BCUT2D eigenvalue weighted by atomic mass is 19.3. The first-order chi connectivity index (χ1) is 9.90. The maximum absolute atomic E-state index is 12.8. The van der Waals surface area contributed by atoms with Crippen molar-refractivity contribution in [2.45, 2.75) is 64.3 Å². The molecule has 1 aliphatic carbocycles. The second-order valence-corrected chi connectivity index (χ2v) is 5.94. The van der Waals surface area contributed by atoms with Crippen LogP contribution in [-0.2, 0) is 4.74 Å². The Balaban J connectivity index is 2.46. The van der Waals surface area contributed by atoms with Crippen LogP contribution in [0.1, 0.15) is 46.0 Å². The molecule has 0 radical (unpaired) electrons. The molecule has 0 saturated heterocycles. The Morgan fingerprint density at radius 3 is 2.52 bits per heavy atom. The standard InChI is InChI=1S/C15H27F4NO/c1-3-11-6-5-7-12(8-11)13(20-4-2)9-21-10-15(18,19)14(16)17/h11-14,20H,3-10H2,1-2H3. The van der Waals surface area contributed by atoms with Gasteiger partial charge in [0.15, 0.2) is 0 Å². The number of hydrogen-bond acceptors (Lipinski definition) is 2. The minimum absolute atomic E-state index is 0.0298. The van der Waals surface area contributed by atoms with Gasteiger partial charge in [-0.2, -0.15) is 8.78 Å². The smallest absolute Gasteiger partial charge is 0.330 e. The van der Waals surface area contributed by atoms with E-state index in [1.54, 1.807) is 0 Å². The third-order valence-electron chi connectivity index (χ3n) is 4.35. The van der Waals surface area contributed by atoms with Crippen LogP contribution in [0.3, 0.4) is 0 Å². The molecule has 0 aromatic carbocycles. The quantitative estimate of drug-likeness (QED) is 0.647. The van der Waals surface area contributed by atoms with Gasteiger partial charge in [-0.15, -0.1) is 0 Å². The fraction of sp³-hybridized carbons (Fsp3) is 1.00. The predicted molar refractivity (Wildman–Crippen MR) is 75.0 cm³/mol. The van der Waals surface area contributed by atoms with Gasteiger partial charge < -0.3 is 10.1 Å². The van der Waals surface area contributed by atoms with Gasteiger partial charge in [0.25, 0.3) is 0 Å². The second kappa shape index (κ2) is 8.93. The zero-order chi connectivity index (χ0) is 15.9. The summed E-state index contributed by atoms with van der Waals surface area (Å²) in [5, 5.41) is 3.26. The van der Waals surface area contributed by atoms with Gasteiger partial charge in [-0.3, -0.25) is 0 Å². The first-order valence-corrected chi connectivity index (χ1v) is 7.87. The highest BCUT2D eigenvalue weighted by Crippen LogP contribution is 2.33. The molecule has 2 nitrogen and oxygen atoms in total. The van der Waals surface area contributed by atoms with E-state index in [0.717, 1.165) is 25.7 Å². The van der Waals surface area contributed by atoms with Crippen LogP contribution in [0.25, 0.3) is 0 Å². The van der Waals surface area contributed by atoms with Crippen molar-refractivity contribution in [1.29, 1.82) is 0 Å². The molecule has 0 bridgehead atoms. The van der Waals surface area contributed by atoms with Crippen molar-refractivity contribution in [1.82, 2.24) is 5.32 Å². The molecule has 6 heteroatoms. The molecular weight excluding hydrogens is 286 g/mol. The largest absolute Gasteiger partial charge is 0.373 e. The Labute approximate surface area is 124 Å². The Kier molecular flexibility index (Phi) is 7.95. The van der Waals surface area contributed by atoms with Crippen molar-refractivity contribution in [2.24, 2.45) is 11.8 Å². The van der Waals surface area contributed by atoms with E-state index in [1.807, 2.05) is 6.92 Å². The lowest BCUT2D eigenvalue weighted by Gasteiger charge is -2.34. The van der Waals surface area contributed by atoms with Gasteiger partial charge in [-0.1, -0.05) is 33.1 Å². The van der Waals surface area contributed by atoms with Gasteiger partial charge in [-0.25, -0.2) is 8.78 Å². The summed E-state index contributed by atoms with van der Waals surface area (Å²) < 4.78 is 54.8. The van der Waals surface area contributed by atoms with Crippen LogP contribution in [0.5, 0.6) is 0 Å². The fourth-order valence-corrected chi connectivity index (χ4v) is 3.08. The monoisotopic (exact) mass is 313 g/mol. The Morgan fingerprint density at radius 1 is 1.24 bits per heavy atom. The number of ether oxygens (including phenoxy) is 1. The summed E-state index contributed by atoms with van der Waals surface area (Å²) in [6, 6.07) is -0.0298. The molecule has 0 heterocycles. The van der Waals surface area contributed by atoms with E-state index in [1.165, 1.54) is 6.42 Å². The minimum Gasteiger partial charge on any atom is -0.373 e. The third-order valence-corrected chi connectivity index (χ3v) is 4.35. The summed E-state index contributed by atoms with van der Waals surface area (Å²) in [6.45, 7) is 3.68. The number of alkyl halides is 4. The van der Waals surface area contributed by atoms with Crippen molar-refractivity contribution in [2.75, 3.05) is 19.8 Å². The molecule has 1 rings (SSSR count). The van der Waals surface area contributed by atoms with Crippen molar-refractivity contribution in [3.05, 3.63) is 0 Å². The first kappa shape index (κ1) is 18.7. The van der Waals surface area contributed by atoms with Gasteiger partial charge in [0.1, 0.15) is 6.61 Å². The second-order valence-electron chi connectivity index (χ2n) is 5.94. The lowest BCUT2D eigenvalue weighted by atomic mass is 9.77. The summed E-state index contributed by atoms with van der Waals surface area (Å²) in [6.07, 6.45) is 1.91. The maximum Gasteiger partial charge on any atom is 0.330 e. The Bertz CT molecular complexity index is 289. The molecule has 0 spiro atoms. The molecule has 21 heavy (non-hydrogen) atoms. The van der Waals surface area contributed by atoms with E-state index in [2.05, 4.69) is 12.2 Å².